The lowest BCUT2D eigenvalue weighted by Gasteiger charge is -2.01. The van der Waals surface area contributed by atoms with Gasteiger partial charge in [0.25, 0.3) is 0 Å². The molecule has 0 aliphatic carbocycles. The molecule has 0 bridgehead atoms. The van der Waals surface area contributed by atoms with Crippen LogP contribution in [0.3, 0.4) is 0 Å². The predicted molar refractivity (Wildman–Crippen MR) is 67.9 cm³/mol. The van der Waals surface area contributed by atoms with E-state index < -0.39 is 5.82 Å². The third-order valence-corrected chi connectivity index (χ3v) is 2.86. The molecule has 0 aliphatic rings. The minimum absolute atomic E-state index is 0.126. The molecule has 18 heavy (non-hydrogen) atoms. The lowest BCUT2D eigenvalue weighted by Crippen LogP contribution is -2.01. The number of hydrogen-bond acceptors (Lipinski definition) is 3. The predicted octanol–water partition coefficient (Wildman–Crippen LogP) is 2.01. The second kappa shape index (κ2) is 5.93. The number of halogens is 2. The Balaban J connectivity index is 2.04. The summed E-state index contributed by atoms with van der Waals surface area (Å²) in [6.07, 6.45) is 3.54. The molecule has 0 fully saturated rings. The van der Waals surface area contributed by atoms with Crippen molar-refractivity contribution in [1.82, 2.24) is 15.0 Å². The monoisotopic (exact) mass is 268 g/mol. The van der Waals surface area contributed by atoms with Crippen LogP contribution in [0.1, 0.15) is 17.7 Å². The fourth-order valence-corrected chi connectivity index (χ4v) is 1.76. The quantitative estimate of drug-likeness (QED) is 0.902. The Labute approximate surface area is 110 Å². The number of nitrogens with zero attached hydrogens (tertiary/aromatic N) is 3. The van der Waals surface area contributed by atoms with Gasteiger partial charge in [0.1, 0.15) is 5.82 Å². The molecule has 0 unspecified atom stereocenters. The first-order valence-corrected chi connectivity index (χ1v) is 6.10. The minimum atomic E-state index is -0.419. The van der Waals surface area contributed by atoms with E-state index in [1.54, 1.807) is 16.8 Å². The molecule has 2 N–H and O–H groups in total. The van der Waals surface area contributed by atoms with Crippen LogP contribution in [0.4, 0.5) is 4.39 Å². The first-order valence-electron chi connectivity index (χ1n) is 5.72. The number of nitrogens with two attached hydrogens (primary N) is 1. The zero-order valence-corrected chi connectivity index (χ0v) is 10.6. The van der Waals surface area contributed by atoms with E-state index in [2.05, 4.69) is 10.3 Å². The zero-order valence-electron chi connectivity index (χ0n) is 9.81. The third-order valence-electron chi connectivity index (χ3n) is 2.55. The molecule has 0 atom stereocenters. The van der Waals surface area contributed by atoms with Crippen molar-refractivity contribution in [3.05, 3.63) is 46.5 Å². The molecule has 1 aromatic carbocycles. The normalized spacial score (nSPS) is 10.8. The van der Waals surface area contributed by atoms with Crippen LogP contribution < -0.4 is 5.73 Å². The summed E-state index contributed by atoms with van der Waals surface area (Å²) in [4.78, 5) is 0. The highest BCUT2D eigenvalue weighted by molar-refractivity contribution is 6.30. The van der Waals surface area contributed by atoms with Gasteiger partial charge >= 0.3 is 0 Å². The topological polar surface area (TPSA) is 56.7 Å². The Kier molecular flexibility index (Phi) is 4.28. The summed E-state index contributed by atoms with van der Waals surface area (Å²) in [5.41, 5.74) is 7.12. The second-order valence-electron chi connectivity index (χ2n) is 4.05. The number of aromatic nitrogens is 3. The zero-order chi connectivity index (χ0) is 13.0. The van der Waals surface area contributed by atoms with E-state index >= 15 is 0 Å². The van der Waals surface area contributed by atoms with Crippen molar-refractivity contribution >= 4 is 11.6 Å². The largest absolute Gasteiger partial charge is 0.330 e. The summed E-state index contributed by atoms with van der Waals surface area (Å²) in [6, 6.07) is 4.72. The van der Waals surface area contributed by atoms with Crippen LogP contribution >= 0.6 is 11.6 Å². The first kappa shape index (κ1) is 13.0. The van der Waals surface area contributed by atoms with Gasteiger partial charge in [0, 0.05) is 6.20 Å². The van der Waals surface area contributed by atoms with E-state index in [9.17, 15) is 4.39 Å². The molecule has 1 aromatic heterocycles. The van der Waals surface area contributed by atoms with Crippen molar-refractivity contribution in [2.75, 3.05) is 6.54 Å². The van der Waals surface area contributed by atoms with Gasteiger partial charge in [0.2, 0.25) is 0 Å². The Hall–Kier alpha value is -1.46. The lowest BCUT2D eigenvalue weighted by molar-refractivity contribution is 0.614. The van der Waals surface area contributed by atoms with E-state index in [1.807, 2.05) is 6.20 Å². The van der Waals surface area contributed by atoms with Crippen molar-refractivity contribution in [2.45, 2.75) is 19.4 Å². The van der Waals surface area contributed by atoms with Gasteiger partial charge in [-0.2, -0.15) is 0 Å². The summed E-state index contributed by atoms with van der Waals surface area (Å²) < 4.78 is 14.9. The van der Waals surface area contributed by atoms with Crippen LogP contribution in [0.15, 0.2) is 24.4 Å². The van der Waals surface area contributed by atoms with Crippen molar-refractivity contribution in [1.29, 1.82) is 0 Å². The molecule has 0 radical (unpaired) electrons. The highest BCUT2D eigenvalue weighted by Gasteiger charge is 2.04. The maximum atomic E-state index is 13.3. The fraction of sp³-hybridized carbons (Fsp3) is 0.333. The number of hydrogen-bond donors (Lipinski definition) is 1. The Morgan fingerprint density at radius 2 is 2.22 bits per heavy atom. The molecule has 1 heterocycles. The van der Waals surface area contributed by atoms with E-state index in [0.29, 0.717) is 13.1 Å². The van der Waals surface area contributed by atoms with Gasteiger partial charge in [0.15, 0.2) is 0 Å². The van der Waals surface area contributed by atoms with Gasteiger partial charge in [0.05, 0.1) is 17.3 Å². The fourth-order valence-electron chi connectivity index (χ4n) is 1.64. The second-order valence-corrected chi connectivity index (χ2v) is 4.46. The molecule has 0 spiro atoms. The summed E-state index contributed by atoms with van der Waals surface area (Å²) >= 11 is 5.62. The molecule has 96 valence electrons. The smallest absolute Gasteiger partial charge is 0.142 e. The van der Waals surface area contributed by atoms with E-state index in [-0.39, 0.29) is 5.02 Å². The average Bonchev–Trinajstić information content (AvgIpc) is 2.79. The summed E-state index contributed by atoms with van der Waals surface area (Å²) in [7, 11) is 0. The molecule has 2 rings (SSSR count). The minimum Gasteiger partial charge on any atom is -0.330 e. The third kappa shape index (κ3) is 3.27. The number of aryl methyl sites for hydroxylation is 1. The van der Waals surface area contributed by atoms with Crippen molar-refractivity contribution in [3.63, 3.8) is 0 Å². The first-order chi connectivity index (χ1) is 8.69. The highest BCUT2D eigenvalue weighted by Crippen LogP contribution is 2.16. The molecule has 0 amide bonds. The van der Waals surface area contributed by atoms with Gasteiger partial charge in [-0.25, -0.2) is 9.07 Å². The molecular weight excluding hydrogens is 255 g/mol. The molecule has 6 heteroatoms. The van der Waals surface area contributed by atoms with Crippen LogP contribution in [0, 0.1) is 5.82 Å². The lowest BCUT2D eigenvalue weighted by atomic mass is 10.2. The van der Waals surface area contributed by atoms with E-state index in [0.717, 1.165) is 24.1 Å². The number of benzene rings is 1. The van der Waals surface area contributed by atoms with Gasteiger partial charge in [-0.1, -0.05) is 22.9 Å². The van der Waals surface area contributed by atoms with Crippen LogP contribution in [0.5, 0.6) is 0 Å². The van der Waals surface area contributed by atoms with Crippen molar-refractivity contribution in [3.8, 4) is 0 Å². The van der Waals surface area contributed by atoms with E-state index in [4.69, 9.17) is 17.3 Å². The maximum Gasteiger partial charge on any atom is 0.142 e. The Bertz CT molecular complexity index is 527. The molecule has 2 aromatic rings. The van der Waals surface area contributed by atoms with Crippen molar-refractivity contribution in [2.24, 2.45) is 5.73 Å². The molecule has 4 nitrogen and oxygen atoms in total. The molecule has 0 aliphatic heterocycles. The average molecular weight is 269 g/mol. The summed E-state index contributed by atoms with van der Waals surface area (Å²) in [5.74, 6) is -0.419. The van der Waals surface area contributed by atoms with Crippen molar-refractivity contribution < 1.29 is 4.39 Å². The highest BCUT2D eigenvalue weighted by atomic mass is 35.5. The van der Waals surface area contributed by atoms with Gasteiger partial charge < -0.3 is 5.73 Å². The SMILES string of the molecule is NCCCc1cn(Cc2ccc(Cl)c(F)c2)nn1. The standard InChI is InChI=1S/C12H14ClFN4/c13-11-4-3-9(6-12(11)14)7-18-8-10(16-17-18)2-1-5-15/h3-4,6,8H,1-2,5,7,15H2. The van der Waals surface area contributed by atoms with Crippen LogP contribution in [0.25, 0.3) is 0 Å². The molecular formula is C12H14ClFN4. The summed E-state index contributed by atoms with van der Waals surface area (Å²) in [5, 5.41) is 8.14. The van der Waals surface area contributed by atoms with Crippen LogP contribution in [-0.4, -0.2) is 21.5 Å². The Morgan fingerprint density at radius 3 is 2.94 bits per heavy atom. The van der Waals surface area contributed by atoms with Crippen LogP contribution in [-0.2, 0) is 13.0 Å². The van der Waals surface area contributed by atoms with Gasteiger partial charge in [-0.05, 0) is 37.1 Å². The Morgan fingerprint density at radius 1 is 1.39 bits per heavy atom. The summed E-state index contributed by atoms with van der Waals surface area (Å²) in [6.45, 7) is 1.11. The maximum absolute atomic E-state index is 13.3. The molecule has 0 saturated carbocycles. The van der Waals surface area contributed by atoms with Gasteiger partial charge in [-0.3, -0.25) is 0 Å². The molecule has 0 saturated heterocycles. The van der Waals surface area contributed by atoms with Gasteiger partial charge in [-0.15, -0.1) is 5.10 Å². The van der Waals surface area contributed by atoms with E-state index in [1.165, 1.54) is 6.07 Å². The number of rotatable bonds is 5. The van der Waals surface area contributed by atoms with Crippen LogP contribution in [0.2, 0.25) is 5.02 Å².